The Kier molecular flexibility index (Phi) is 5.84. The Hall–Kier alpha value is -0.620. The van der Waals surface area contributed by atoms with Gasteiger partial charge in [-0.2, -0.15) is 0 Å². The van der Waals surface area contributed by atoms with E-state index in [-0.39, 0.29) is 5.41 Å². The highest BCUT2D eigenvalue weighted by Crippen LogP contribution is 2.45. The van der Waals surface area contributed by atoms with E-state index in [2.05, 4.69) is 35.1 Å². The van der Waals surface area contributed by atoms with Crippen LogP contribution in [-0.2, 0) is 0 Å². The monoisotopic (exact) mass is 408 g/mol. The predicted octanol–water partition coefficient (Wildman–Crippen LogP) is 3.32. The molecule has 4 bridgehead atoms. The standard InChI is InChI=1S/C21H36N4S2/c1-21(2,11-22-19(26)24-17-9-13-3-5-15(17)7-13)12-23-20(27)25-18-10-14-4-6-16(18)8-14/h13-18H,3-12H2,1-2H3,(H2,22,24,26)(H2,23,25,27). The Labute approximate surface area is 175 Å². The largest absolute Gasteiger partial charge is 0.362 e. The van der Waals surface area contributed by atoms with Crippen molar-refractivity contribution in [3.05, 3.63) is 0 Å². The molecule has 0 heterocycles. The van der Waals surface area contributed by atoms with Crippen LogP contribution in [0.2, 0.25) is 0 Å². The van der Waals surface area contributed by atoms with Gasteiger partial charge in [0.2, 0.25) is 0 Å². The molecule has 0 radical (unpaired) electrons. The van der Waals surface area contributed by atoms with E-state index in [0.29, 0.717) is 12.1 Å². The number of hydrogen-bond acceptors (Lipinski definition) is 2. The third-order valence-corrected chi connectivity index (χ3v) is 8.09. The van der Waals surface area contributed by atoms with Gasteiger partial charge in [-0.15, -0.1) is 0 Å². The smallest absolute Gasteiger partial charge is 0.166 e. The van der Waals surface area contributed by atoms with Crippen molar-refractivity contribution in [1.29, 1.82) is 0 Å². The third kappa shape index (κ3) is 4.87. The summed E-state index contributed by atoms with van der Waals surface area (Å²) in [5.41, 5.74) is 0.0842. The van der Waals surface area contributed by atoms with Crippen LogP contribution in [0.4, 0.5) is 0 Å². The van der Waals surface area contributed by atoms with Gasteiger partial charge in [0.05, 0.1) is 0 Å². The third-order valence-electron chi connectivity index (χ3n) is 7.56. The van der Waals surface area contributed by atoms with Gasteiger partial charge in [0.15, 0.2) is 10.2 Å². The van der Waals surface area contributed by atoms with E-state index in [4.69, 9.17) is 24.4 Å². The summed E-state index contributed by atoms with van der Waals surface area (Å²) in [6, 6.07) is 1.20. The zero-order valence-electron chi connectivity index (χ0n) is 16.9. The van der Waals surface area contributed by atoms with Crippen molar-refractivity contribution in [2.24, 2.45) is 29.1 Å². The fraction of sp³-hybridized carbons (Fsp3) is 0.905. The van der Waals surface area contributed by atoms with Crippen LogP contribution in [0.1, 0.15) is 65.2 Å². The Bertz CT molecular complexity index is 531. The highest BCUT2D eigenvalue weighted by molar-refractivity contribution is 7.80. The molecule has 4 aliphatic rings. The minimum Gasteiger partial charge on any atom is -0.362 e. The molecule has 6 unspecified atom stereocenters. The van der Waals surface area contributed by atoms with Gasteiger partial charge in [-0.1, -0.05) is 26.7 Å². The highest BCUT2D eigenvalue weighted by atomic mass is 32.1. The van der Waals surface area contributed by atoms with Gasteiger partial charge < -0.3 is 21.3 Å². The summed E-state index contributed by atoms with van der Waals surface area (Å²) in [7, 11) is 0. The van der Waals surface area contributed by atoms with Crippen LogP contribution >= 0.6 is 24.4 Å². The fourth-order valence-electron chi connectivity index (χ4n) is 5.98. The van der Waals surface area contributed by atoms with E-state index >= 15 is 0 Å². The molecular weight excluding hydrogens is 372 g/mol. The van der Waals surface area contributed by atoms with Crippen LogP contribution in [0.5, 0.6) is 0 Å². The van der Waals surface area contributed by atoms with E-state index in [9.17, 15) is 0 Å². The molecule has 27 heavy (non-hydrogen) atoms. The maximum absolute atomic E-state index is 5.56. The maximum atomic E-state index is 5.56. The molecule has 152 valence electrons. The van der Waals surface area contributed by atoms with Crippen molar-refractivity contribution in [2.75, 3.05) is 13.1 Å². The van der Waals surface area contributed by atoms with E-state index in [1.165, 1.54) is 51.4 Å². The molecule has 4 nitrogen and oxygen atoms in total. The number of nitrogens with one attached hydrogen (secondary N) is 4. The Morgan fingerprint density at radius 1 is 0.741 bits per heavy atom. The van der Waals surface area contributed by atoms with Crippen molar-refractivity contribution >= 4 is 34.7 Å². The Morgan fingerprint density at radius 3 is 1.52 bits per heavy atom. The second-order valence-corrected chi connectivity index (χ2v) is 11.2. The first-order valence-electron chi connectivity index (χ1n) is 11.0. The lowest BCUT2D eigenvalue weighted by Gasteiger charge is -2.30. The Morgan fingerprint density at radius 2 is 1.19 bits per heavy atom. The lowest BCUT2D eigenvalue weighted by atomic mass is 9.93. The van der Waals surface area contributed by atoms with Crippen molar-refractivity contribution in [1.82, 2.24) is 21.3 Å². The van der Waals surface area contributed by atoms with Crippen LogP contribution in [0.3, 0.4) is 0 Å². The summed E-state index contributed by atoms with van der Waals surface area (Å²) in [5.74, 6) is 3.58. The zero-order chi connectivity index (χ0) is 19.0. The molecule has 0 amide bonds. The topological polar surface area (TPSA) is 48.1 Å². The minimum atomic E-state index is 0.0842. The van der Waals surface area contributed by atoms with Gasteiger partial charge in [0.25, 0.3) is 0 Å². The molecule has 0 saturated heterocycles. The van der Waals surface area contributed by atoms with Gasteiger partial charge in [0.1, 0.15) is 0 Å². The van der Waals surface area contributed by atoms with Gasteiger partial charge in [-0.05, 0) is 92.0 Å². The SMILES string of the molecule is CC(C)(CNC(=S)NC1CC2CCC1C2)CNC(=S)NC1CC2CCC1C2. The van der Waals surface area contributed by atoms with Crippen molar-refractivity contribution < 1.29 is 0 Å². The average molecular weight is 409 g/mol. The summed E-state index contributed by atoms with van der Waals surface area (Å²) in [6.07, 6.45) is 11.0. The van der Waals surface area contributed by atoms with E-state index in [1.54, 1.807) is 0 Å². The summed E-state index contributed by atoms with van der Waals surface area (Å²) in [5, 5.41) is 15.7. The molecule has 0 aliphatic heterocycles. The number of hydrogen-bond donors (Lipinski definition) is 4. The second-order valence-electron chi connectivity index (χ2n) is 10.4. The summed E-state index contributed by atoms with van der Waals surface area (Å²) >= 11 is 11.1. The average Bonchev–Trinajstić information content (AvgIpc) is 3.40. The van der Waals surface area contributed by atoms with Crippen LogP contribution in [0.15, 0.2) is 0 Å². The molecule has 4 fully saturated rings. The highest BCUT2D eigenvalue weighted by Gasteiger charge is 2.40. The predicted molar refractivity (Wildman–Crippen MR) is 120 cm³/mol. The molecule has 6 atom stereocenters. The molecule has 4 rings (SSSR count). The van der Waals surface area contributed by atoms with Gasteiger partial charge in [0, 0.05) is 25.2 Å². The molecule has 0 spiro atoms. The molecule has 4 saturated carbocycles. The van der Waals surface area contributed by atoms with Crippen LogP contribution < -0.4 is 21.3 Å². The van der Waals surface area contributed by atoms with Crippen LogP contribution in [0, 0.1) is 29.1 Å². The minimum absolute atomic E-state index is 0.0842. The van der Waals surface area contributed by atoms with Crippen molar-refractivity contribution in [3.63, 3.8) is 0 Å². The summed E-state index contributed by atoms with van der Waals surface area (Å²) < 4.78 is 0. The zero-order valence-corrected chi connectivity index (χ0v) is 18.5. The number of thiocarbonyl (C=S) groups is 2. The summed E-state index contributed by atoms with van der Waals surface area (Å²) in [4.78, 5) is 0. The van der Waals surface area contributed by atoms with E-state index < -0.39 is 0 Å². The summed E-state index contributed by atoms with van der Waals surface area (Å²) in [6.45, 7) is 6.22. The molecule has 0 aromatic carbocycles. The van der Waals surface area contributed by atoms with E-state index in [0.717, 1.165) is 47.0 Å². The lowest BCUT2D eigenvalue weighted by molar-refractivity contribution is 0.349. The molecule has 0 aromatic heterocycles. The molecule has 0 aromatic rings. The number of fused-ring (bicyclic) bond motifs is 4. The fourth-order valence-corrected chi connectivity index (χ4v) is 6.43. The van der Waals surface area contributed by atoms with Gasteiger partial charge in [-0.25, -0.2) is 0 Å². The van der Waals surface area contributed by atoms with Gasteiger partial charge in [-0.3, -0.25) is 0 Å². The van der Waals surface area contributed by atoms with E-state index in [1.807, 2.05) is 0 Å². The Balaban J connectivity index is 1.13. The lowest BCUT2D eigenvalue weighted by Crippen LogP contribution is -2.50. The van der Waals surface area contributed by atoms with Gasteiger partial charge >= 0.3 is 0 Å². The second kappa shape index (κ2) is 8.02. The van der Waals surface area contributed by atoms with Crippen molar-refractivity contribution in [3.8, 4) is 0 Å². The normalized spacial score (nSPS) is 36.7. The molecule has 4 aliphatic carbocycles. The first-order chi connectivity index (χ1) is 12.9. The molecular formula is C21H36N4S2. The van der Waals surface area contributed by atoms with Crippen LogP contribution in [-0.4, -0.2) is 35.4 Å². The first kappa shape index (κ1) is 19.7. The number of rotatable bonds is 6. The quantitative estimate of drug-likeness (QED) is 0.506. The maximum Gasteiger partial charge on any atom is 0.166 e. The first-order valence-corrected chi connectivity index (χ1v) is 11.8. The van der Waals surface area contributed by atoms with Crippen molar-refractivity contribution in [2.45, 2.75) is 77.3 Å². The molecule has 4 N–H and O–H groups in total. The van der Waals surface area contributed by atoms with Crippen LogP contribution in [0.25, 0.3) is 0 Å². The molecule has 6 heteroatoms.